The highest BCUT2D eigenvalue weighted by atomic mass is 19.1. The standard InChI is InChI=1S/C21H24FN3O2/c1-14(21(27)23-11-9-16-3-5-18(22)6-4-16)24-19-7-8-20-17(13-19)10-12-25(20)15(2)26/h3-8,13-14,24H,9-12H2,1-2H3,(H,23,27). The van der Waals surface area contributed by atoms with E-state index in [1.807, 2.05) is 25.1 Å². The van der Waals surface area contributed by atoms with Gasteiger partial charge >= 0.3 is 0 Å². The molecule has 2 amide bonds. The summed E-state index contributed by atoms with van der Waals surface area (Å²) in [5.41, 5.74) is 3.90. The SMILES string of the molecule is CC(=O)N1CCc2cc(NC(C)C(=O)NCCc3ccc(F)cc3)ccc21. The highest BCUT2D eigenvalue weighted by Crippen LogP contribution is 2.30. The van der Waals surface area contributed by atoms with Gasteiger partial charge in [-0.3, -0.25) is 9.59 Å². The van der Waals surface area contributed by atoms with Crippen molar-refractivity contribution in [1.29, 1.82) is 0 Å². The highest BCUT2D eigenvalue weighted by Gasteiger charge is 2.22. The lowest BCUT2D eigenvalue weighted by Gasteiger charge is -2.18. The van der Waals surface area contributed by atoms with Gasteiger partial charge in [0.15, 0.2) is 0 Å². The van der Waals surface area contributed by atoms with Crippen LogP contribution in [0.4, 0.5) is 15.8 Å². The van der Waals surface area contributed by atoms with Crippen molar-refractivity contribution in [3.05, 3.63) is 59.4 Å². The Bertz CT molecular complexity index is 836. The van der Waals surface area contributed by atoms with Crippen molar-refractivity contribution < 1.29 is 14.0 Å². The second-order valence-electron chi connectivity index (χ2n) is 6.80. The van der Waals surface area contributed by atoms with Crippen molar-refractivity contribution in [1.82, 2.24) is 5.32 Å². The number of fused-ring (bicyclic) bond motifs is 1. The summed E-state index contributed by atoms with van der Waals surface area (Å²) in [7, 11) is 0. The van der Waals surface area contributed by atoms with E-state index in [9.17, 15) is 14.0 Å². The van der Waals surface area contributed by atoms with E-state index in [0.29, 0.717) is 19.5 Å². The third kappa shape index (κ3) is 4.64. The molecule has 0 fully saturated rings. The third-order valence-corrected chi connectivity index (χ3v) is 4.76. The number of hydrogen-bond donors (Lipinski definition) is 2. The molecule has 2 N–H and O–H groups in total. The van der Waals surface area contributed by atoms with Gasteiger partial charge in [-0.15, -0.1) is 0 Å². The molecule has 1 aliphatic heterocycles. The van der Waals surface area contributed by atoms with E-state index in [2.05, 4.69) is 10.6 Å². The average molecular weight is 369 g/mol. The van der Waals surface area contributed by atoms with Gasteiger partial charge in [-0.05, 0) is 61.2 Å². The predicted molar refractivity (Wildman–Crippen MR) is 104 cm³/mol. The van der Waals surface area contributed by atoms with Gasteiger partial charge in [0.05, 0.1) is 0 Å². The fourth-order valence-electron chi connectivity index (χ4n) is 3.27. The maximum Gasteiger partial charge on any atom is 0.242 e. The molecule has 1 heterocycles. The molecule has 2 aromatic carbocycles. The molecule has 0 spiro atoms. The number of carbonyl (C=O) groups excluding carboxylic acids is 2. The Morgan fingerprint density at radius 3 is 2.63 bits per heavy atom. The van der Waals surface area contributed by atoms with Crippen molar-refractivity contribution in [3.63, 3.8) is 0 Å². The van der Waals surface area contributed by atoms with Gasteiger partial charge < -0.3 is 15.5 Å². The van der Waals surface area contributed by atoms with Crippen LogP contribution in [0.2, 0.25) is 0 Å². The number of hydrogen-bond acceptors (Lipinski definition) is 3. The molecule has 3 rings (SSSR count). The van der Waals surface area contributed by atoms with Gasteiger partial charge in [-0.25, -0.2) is 4.39 Å². The van der Waals surface area contributed by atoms with Crippen molar-refractivity contribution in [3.8, 4) is 0 Å². The molecule has 0 saturated carbocycles. The fraction of sp³-hybridized carbons (Fsp3) is 0.333. The van der Waals surface area contributed by atoms with Gasteiger partial charge in [0, 0.05) is 31.4 Å². The van der Waals surface area contributed by atoms with E-state index in [-0.39, 0.29) is 23.7 Å². The van der Waals surface area contributed by atoms with Gasteiger partial charge in [-0.1, -0.05) is 12.1 Å². The number of halogens is 1. The molecule has 0 saturated heterocycles. The molecule has 2 aromatic rings. The van der Waals surface area contributed by atoms with Gasteiger partial charge in [-0.2, -0.15) is 0 Å². The summed E-state index contributed by atoms with van der Waals surface area (Å²) >= 11 is 0. The zero-order valence-electron chi connectivity index (χ0n) is 15.6. The summed E-state index contributed by atoms with van der Waals surface area (Å²) in [6.45, 7) is 4.57. The number of rotatable bonds is 6. The number of amides is 2. The van der Waals surface area contributed by atoms with Gasteiger partial charge in [0.2, 0.25) is 11.8 Å². The molecule has 0 radical (unpaired) electrons. The highest BCUT2D eigenvalue weighted by molar-refractivity contribution is 5.94. The zero-order valence-corrected chi connectivity index (χ0v) is 15.6. The molecule has 1 unspecified atom stereocenters. The second kappa shape index (κ2) is 8.20. The molecule has 0 aromatic heterocycles. The first-order valence-corrected chi connectivity index (χ1v) is 9.14. The van der Waals surface area contributed by atoms with Crippen LogP contribution in [0.5, 0.6) is 0 Å². The molecule has 1 atom stereocenters. The van der Waals surface area contributed by atoms with Crippen LogP contribution in [0.3, 0.4) is 0 Å². The largest absolute Gasteiger partial charge is 0.374 e. The van der Waals surface area contributed by atoms with Crippen LogP contribution in [-0.2, 0) is 22.4 Å². The Balaban J connectivity index is 1.51. The van der Waals surface area contributed by atoms with Crippen LogP contribution in [0, 0.1) is 5.82 Å². The van der Waals surface area contributed by atoms with E-state index in [4.69, 9.17) is 0 Å². The smallest absolute Gasteiger partial charge is 0.242 e. The molecular formula is C21H24FN3O2. The summed E-state index contributed by atoms with van der Waals surface area (Å²) in [5, 5.41) is 6.10. The van der Waals surface area contributed by atoms with Crippen molar-refractivity contribution in [2.45, 2.75) is 32.7 Å². The topological polar surface area (TPSA) is 61.4 Å². The van der Waals surface area contributed by atoms with E-state index in [1.165, 1.54) is 12.1 Å². The number of nitrogens with one attached hydrogen (secondary N) is 2. The van der Waals surface area contributed by atoms with E-state index >= 15 is 0 Å². The van der Waals surface area contributed by atoms with Crippen molar-refractivity contribution in [2.75, 3.05) is 23.3 Å². The number of carbonyl (C=O) groups is 2. The lowest BCUT2D eigenvalue weighted by molar-refractivity contribution is -0.121. The van der Waals surface area contributed by atoms with Crippen LogP contribution in [0.15, 0.2) is 42.5 Å². The molecule has 0 bridgehead atoms. The van der Waals surface area contributed by atoms with Crippen LogP contribution in [0.1, 0.15) is 25.0 Å². The maximum absolute atomic E-state index is 12.9. The van der Waals surface area contributed by atoms with E-state index in [1.54, 1.807) is 24.0 Å². The minimum atomic E-state index is -0.387. The van der Waals surface area contributed by atoms with Crippen LogP contribution < -0.4 is 15.5 Å². The second-order valence-corrected chi connectivity index (χ2v) is 6.80. The summed E-state index contributed by atoms with van der Waals surface area (Å²) in [6, 6.07) is 11.7. The lowest BCUT2D eigenvalue weighted by Crippen LogP contribution is -2.38. The minimum Gasteiger partial charge on any atom is -0.374 e. The van der Waals surface area contributed by atoms with Crippen LogP contribution in [0.25, 0.3) is 0 Å². The Labute approximate surface area is 158 Å². The molecular weight excluding hydrogens is 345 g/mol. The maximum atomic E-state index is 12.9. The Kier molecular flexibility index (Phi) is 5.74. The number of nitrogens with zero attached hydrogens (tertiary/aromatic N) is 1. The lowest BCUT2D eigenvalue weighted by atomic mass is 10.1. The Hall–Kier alpha value is -2.89. The summed E-state index contributed by atoms with van der Waals surface area (Å²) in [6.07, 6.45) is 1.47. The van der Waals surface area contributed by atoms with E-state index in [0.717, 1.165) is 28.9 Å². The number of benzene rings is 2. The monoisotopic (exact) mass is 369 g/mol. The Morgan fingerprint density at radius 2 is 1.93 bits per heavy atom. The first-order valence-electron chi connectivity index (χ1n) is 9.14. The van der Waals surface area contributed by atoms with Gasteiger partial charge in [0.25, 0.3) is 0 Å². The first kappa shape index (κ1) is 18.9. The van der Waals surface area contributed by atoms with Crippen LogP contribution >= 0.6 is 0 Å². The van der Waals surface area contributed by atoms with E-state index < -0.39 is 0 Å². The Morgan fingerprint density at radius 1 is 1.19 bits per heavy atom. The predicted octanol–water partition coefficient (Wildman–Crippen LogP) is 2.89. The molecule has 6 heteroatoms. The van der Waals surface area contributed by atoms with Crippen molar-refractivity contribution >= 4 is 23.2 Å². The molecule has 1 aliphatic rings. The molecule has 27 heavy (non-hydrogen) atoms. The molecule has 0 aliphatic carbocycles. The normalized spacial score (nSPS) is 13.8. The van der Waals surface area contributed by atoms with Crippen molar-refractivity contribution in [2.24, 2.45) is 0 Å². The summed E-state index contributed by atoms with van der Waals surface area (Å²) < 4.78 is 12.9. The summed E-state index contributed by atoms with van der Waals surface area (Å²) in [5.74, 6) is -0.312. The first-order chi connectivity index (χ1) is 12.9. The number of anilines is 2. The summed E-state index contributed by atoms with van der Waals surface area (Å²) in [4.78, 5) is 25.7. The quantitative estimate of drug-likeness (QED) is 0.823. The van der Waals surface area contributed by atoms with Crippen LogP contribution in [-0.4, -0.2) is 30.9 Å². The third-order valence-electron chi connectivity index (χ3n) is 4.76. The molecule has 5 nitrogen and oxygen atoms in total. The fourth-order valence-corrected chi connectivity index (χ4v) is 3.27. The molecule has 142 valence electrons. The average Bonchev–Trinajstić information content (AvgIpc) is 3.06. The minimum absolute atomic E-state index is 0.0448. The van der Waals surface area contributed by atoms with Gasteiger partial charge in [0.1, 0.15) is 11.9 Å². The zero-order chi connectivity index (χ0) is 19.4.